The smallest absolute Gasteiger partial charge is 0.152 e. The average molecular weight is 286 g/mol. The van der Waals surface area contributed by atoms with Gasteiger partial charge in [-0.2, -0.15) is 0 Å². The molecule has 0 bridgehead atoms. The number of aldehydes is 1. The summed E-state index contributed by atoms with van der Waals surface area (Å²) in [6, 6.07) is 14.1. The summed E-state index contributed by atoms with van der Waals surface area (Å²) in [7, 11) is 0. The highest BCUT2D eigenvalue weighted by molar-refractivity contribution is 6.34. The van der Waals surface area contributed by atoms with Crippen LogP contribution in [0.25, 0.3) is 0 Å². The second kappa shape index (κ2) is 5.29. The van der Waals surface area contributed by atoms with Crippen LogP contribution in [0.4, 0.5) is 11.4 Å². The first-order valence-electron chi connectivity index (χ1n) is 6.83. The summed E-state index contributed by atoms with van der Waals surface area (Å²) in [6.45, 7) is 2.17. The van der Waals surface area contributed by atoms with Gasteiger partial charge < -0.3 is 4.90 Å². The average Bonchev–Trinajstić information content (AvgIpc) is 2.48. The summed E-state index contributed by atoms with van der Waals surface area (Å²) in [5, 5.41) is 0.623. The Labute approximate surface area is 124 Å². The highest BCUT2D eigenvalue weighted by Crippen LogP contribution is 2.41. The topological polar surface area (TPSA) is 20.3 Å². The minimum atomic E-state index is 0.323. The van der Waals surface area contributed by atoms with Gasteiger partial charge in [0.25, 0.3) is 0 Å². The Hall–Kier alpha value is -1.80. The van der Waals surface area contributed by atoms with E-state index in [4.69, 9.17) is 11.6 Å². The molecule has 1 heterocycles. The van der Waals surface area contributed by atoms with Crippen molar-refractivity contribution in [2.24, 2.45) is 0 Å². The summed E-state index contributed by atoms with van der Waals surface area (Å²) in [5.41, 5.74) is 3.93. The van der Waals surface area contributed by atoms with E-state index in [1.54, 1.807) is 0 Å². The van der Waals surface area contributed by atoms with Gasteiger partial charge in [-0.05, 0) is 43.5 Å². The number of hydrogen-bond donors (Lipinski definition) is 0. The van der Waals surface area contributed by atoms with Gasteiger partial charge in [-0.15, -0.1) is 0 Å². The third kappa shape index (κ3) is 2.10. The van der Waals surface area contributed by atoms with Gasteiger partial charge in [0.15, 0.2) is 6.29 Å². The van der Waals surface area contributed by atoms with Crippen LogP contribution >= 0.6 is 11.6 Å². The number of aryl methyl sites for hydroxylation is 1. The summed E-state index contributed by atoms with van der Waals surface area (Å²) in [4.78, 5) is 13.6. The van der Waals surface area contributed by atoms with Crippen LogP contribution in [0, 0.1) is 0 Å². The monoisotopic (exact) mass is 285 g/mol. The van der Waals surface area contributed by atoms with Crippen molar-refractivity contribution in [2.45, 2.75) is 25.8 Å². The van der Waals surface area contributed by atoms with Gasteiger partial charge >= 0.3 is 0 Å². The van der Waals surface area contributed by atoms with Gasteiger partial charge in [-0.1, -0.05) is 35.9 Å². The van der Waals surface area contributed by atoms with Crippen molar-refractivity contribution in [3.63, 3.8) is 0 Å². The fraction of sp³-hybridized carbons (Fsp3) is 0.235. The molecule has 0 fully saturated rings. The molecule has 0 radical (unpaired) electrons. The first-order chi connectivity index (χ1) is 9.72. The minimum Gasteiger partial charge on any atom is -0.337 e. The van der Waals surface area contributed by atoms with Crippen LogP contribution < -0.4 is 4.90 Å². The summed E-state index contributed by atoms with van der Waals surface area (Å²) >= 11 is 6.37. The van der Waals surface area contributed by atoms with Crippen LogP contribution in [0.2, 0.25) is 5.02 Å². The molecule has 0 amide bonds. The van der Waals surface area contributed by atoms with E-state index in [-0.39, 0.29) is 0 Å². The molecule has 2 aromatic rings. The Morgan fingerprint density at radius 3 is 2.80 bits per heavy atom. The standard InChI is InChI=1S/C17H16ClNO/c1-12-9-10-13-5-2-3-8-16(13)19(12)17-14(11-20)6-4-7-15(17)18/h2-8,11-12H,9-10H2,1H3. The van der Waals surface area contributed by atoms with Crippen molar-refractivity contribution in [2.75, 3.05) is 4.90 Å². The van der Waals surface area contributed by atoms with E-state index < -0.39 is 0 Å². The quantitative estimate of drug-likeness (QED) is 0.750. The number of halogens is 1. The van der Waals surface area contributed by atoms with E-state index in [1.165, 1.54) is 5.56 Å². The highest BCUT2D eigenvalue weighted by atomic mass is 35.5. The first kappa shape index (κ1) is 13.2. The molecule has 20 heavy (non-hydrogen) atoms. The molecule has 0 saturated carbocycles. The van der Waals surface area contributed by atoms with E-state index in [2.05, 4.69) is 30.0 Å². The number of anilines is 2. The lowest BCUT2D eigenvalue weighted by atomic mass is 9.95. The Bertz CT molecular complexity index is 653. The van der Waals surface area contributed by atoms with Gasteiger partial charge in [0, 0.05) is 17.3 Å². The molecular weight excluding hydrogens is 270 g/mol. The molecule has 1 unspecified atom stereocenters. The Kier molecular flexibility index (Phi) is 3.49. The molecule has 0 N–H and O–H groups in total. The number of fused-ring (bicyclic) bond motifs is 1. The molecule has 0 saturated heterocycles. The SMILES string of the molecule is CC1CCc2ccccc2N1c1c(Cl)cccc1C=O. The minimum absolute atomic E-state index is 0.323. The van der Waals surface area contributed by atoms with Crippen molar-refractivity contribution in [1.29, 1.82) is 0 Å². The predicted molar refractivity (Wildman–Crippen MR) is 83.2 cm³/mol. The van der Waals surface area contributed by atoms with Crippen LogP contribution in [0.1, 0.15) is 29.3 Å². The van der Waals surface area contributed by atoms with Gasteiger partial charge in [-0.3, -0.25) is 4.79 Å². The number of carbonyl (C=O) groups excluding carboxylic acids is 1. The van der Waals surface area contributed by atoms with Crippen LogP contribution in [0.3, 0.4) is 0 Å². The molecule has 0 spiro atoms. The lowest BCUT2D eigenvalue weighted by Crippen LogP contribution is -2.34. The van der Waals surface area contributed by atoms with Gasteiger partial charge in [0.2, 0.25) is 0 Å². The van der Waals surface area contributed by atoms with Gasteiger partial charge in [-0.25, -0.2) is 0 Å². The van der Waals surface area contributed by atoms with Crippen molar-refractivity contribution in [3.05, 3.63) is 58.6 Å². The maximum atomic E-state index is 11.4. The molecule has 1 aliphatic heterocycles. The maximum absolute atomic E-state index is 11.4. The van der Waals surface area contributed by atoms with Crippen molar-refractivity contribution < 1.29 is 4.79 Å². The zero-order valence-electron chi connectivity index (χ0n) is 11.3. The Morgan fingerprint density at radius 2 is 2.00 bits per heavy atom. The molecule has 102 valence electrons. The van der Waals surface area contributed by atoms with E-state index in [9.17, 15) is 4.79 Å². The van der Waals surface area contributed by atoms with Crippen LogP contribution in [0.5, 0.6) is 0 Å². The normalized spacial score (nSPS) is 17.7. The molecular formula is C17H16ClNO. The van der Waals surface area contributed by atoms with Crippen molar-refractivity contribution in [1.82, 2.24) is 0 Å². The fourth-order valence-electron chi connectivity index (χ4n) is 2.91. The highest BCUT2D eigenvalue weighted by Gasteiger charge is 2.27. The lowest BCUT2D eigenvalue weighted by Gasteiger charge is -2.38. The van der Waals surface area contributed by atoms with Crippen LogP contribution in [-0.4, -0.2) is 12.3 Å². The molecule has 3 rings (SSSR count). The number of carbonyl (C=O) groups is 1. The van der Waals surface area contributed by atoms with E-state index in [1.807, 2.05) is 24.3 Å². The zero-order chi connectivity index (χ0) is 14.1. The molecule has 1 aliphatic rings. The van der Waals surface area contributed by atoms with E-state index in [0.717, 1.165) is 30.5 Å². The number of benzene rings is 2. The second-order valence-corrected chi connectivity index (χ2v) is 5.59. The molecule has 3 heteroatoms. The Balaban J connectivity index is 2.21. The second-order valence-electron chi connectivity index (χ2n) is 5.18. The number of para-hydroxylation sites is 2. The van der Waals surface area contributed by atoms with E-state index in [0.29, 0.717) is 16.6 Å². The Morgan fingerprint density at radius 1 is 1.20 bits per heavy atom. The third-order valence-corrected chi connectivity index (χ3v) is 4.21. The number of nitrogens with zero attached hydrogens (tertiary/aromatic N) is 1. The number of hydrogen-bond acceptors (Lipinski definition) is 2. The largest absolute Gasteiger partial charge is 0.337 e. The summed E-state index contributed by atoms with van der Waals surface area (Å²) in [6.07, 6.45) is 3.00. The predicted octanol–water partition coefficient (Wildman–Crippen LogP) is 4.63. The molecule has 1 atom stereocenters. The number of rotatable bonds is 2. The third-order valence-electron chi connectivity index (χ3n) is 3.91. The molecule has 2 aromatic carbocycles. The van der Waals surface area contributed by atoms with Crippen LogP contribution in [-0.2, 0) is 6.42 Å². The zero-order valence-corrected chi connectivity index (χ0v) is 12.1. The van der Waals surface area contributed by atoms with Crippen molar-refractivity contribution >= 4 is 29.3 Å². The lowest BCUT2D eigenvalue weighted by molar-refractivity contribution is 0.112. The maximum Gasteiger partial charge on any atom is 0.152 e. The van der Waals surface area contributed by atoms with Gasteiger partial charge in [0.1, 0.15) is 0 Å². The summed E-state index contributed by atoms with van der Waals surface area (Å²) in [5.74, 6) is 0. The van der Waals surface area contributed by atoms with Crippen molar-refractivity contribution in [3.8, 4) is 0 Å². The van der Waals surface area contributed by atoms with Gasteiger partial charge in [0.05, 0.1) is 10.7 Å². The fourth-order valence-corrected chi connectivity index (χ4v) is 3.18. The van der Waals surface area contributed by atoms with Crippen LogP contribution in [0.15, 0.2) is 42.5 Å². The first-order valence-corrected chi connectivity index (χ1v) is 7.21. The molecule has 0 aliphatic carbocycles. The molecule has 0 aromatic heterocycles. The molecule has 2 nitrogen and oxygen atoms in total. The summed E-state index contributed by atoms with van der Waals surface area (Å²) < 4.78 is 0. The van der Waals surface area contributed by atoms with E-state index >= 15 is 0 Å².